The van der Waals surface area contributed by atoms with Crippen LogP contribution in [0, 0.1) is 0 Å². The van der Waals surface area contributed by atoms with Gasteiger partial charge in [-0.25, -0.2) is 5.43 Å². The molecular weight excluding hydrogens is 140 g/mol. The van der Waals surface area contributed by atoms with E-state index >= 15 is 0 Å². The van der Waals surface area contributed by atoms with Crippen molar-refractivity contribution >= 4 is 5.69 Å². The fourth-order valence-corrected chi connectivity index (χ4v) is 0.827. The van der Waals surface area contributed by atoms with Crippen LogP contribution >= 0.6 is 0 Å². The van der Waals surface area contributed by atoms with Crippen molar-refractivity contribution in [3.63, 3.8) is 0 Å². The lowest BCUT2D eigenvalue weighted by molar-refractivity contribution is 0.717. The number of hydrogen-bond acceptors (Lipinski definition) is 4. The first kappa shape index (κ1) is 7.97. The van der Waals surface area contributed by atoms with Gasteiger partial charge in [-0.2, -0.15) is 0 Å². The molecule has 0 aromatic carbocycles. The normalized spacial score (nSPS) is 9.64. The highest BCUT2D eigenvalue weighted by Crippen LogP contribution is 2.07. The average molecular weight is 152 g/mol. The molecule has 0 fully saturated rings. The molecule has 0 radical (unpaired) electrons. The molecule has 11 heavy (non-hydrogen) atoms. The van der Waals surface area contributed by atoms with Crippen molar-refractivity contribution in [2.75, 3.05) is 18.6 Å². The predicted octanol–water partition coefficient (Wildman–Crippen LogP) is -0.0614. The topological polar surface area (TPSA) is 54.2 Å². The maximum absolute atomic E-state index is 5.16. The van der Waals surface area contributed by atoms with Gasteiger partial charge < -0.3 is 4.90 Å². The lowest BCUT2D eigenvalue weighted by Gasteiger charge is -2.17. The molecule has 3 N–H and O–H groups in total. The molecule has 0 unspecified atom stereocenters. The first-order valence-corrected chi connectivity index (χ1v) is 3.39. The van der Waals surface area contributed by atoms with E-state index in [1.54, 1.807) is 12.4 Å². The van der Waals surface area contributed by atoms with Crippen LogP contribution in [0.25, 0.3) is 0 Å². The van der Waals surface area contributed by atoms with Crippen LogP contribution in [-0.4, -0.2) is 18.7 Å². The fourth-order valence-electron chi connectivity index (χ4n) is 0.827. The van der Waals surface area contributed by atoms with Crippen LogP contribution in [0.5, 0.6) is 0 Å². The Balaban J connectivity index is 2.61. The monoisotopic (exact) mass is 152 g/mol. The molecular formula is C7H12N4. The highest BCUT2D eigenvalue weighted by atomic mass is 15.3. The molecule has 1 heterocycles. The van der Waals surface area contributed by atoms with Crippen molar-refractivity contribution in [2.24, 2.45) is 5.84 Å². The van der Waals surface area contributed by atoms with Crippen LogP contribution < -0.4 is 16.2 Å². The Bertz CT molecular complexity index is 199. The second-order valence-corrected chi connectivity index (χ2v) is 2.27. The van der Waals surface area contributed by atoms with Crippen LogP contribution in [-0.2, 0) is 0 Å². The van der Waals surface area contributed by atoms with E-state index in [9.17, 15) is 0 Å². The molecule has 0 aliphatic heterocycles. The molecule has 0 bridgehead atoms. The van der Waals surface area contributed by atoms with Gasteiger partial charge in [0.2, 0.25) is 0 Å². The molecule has 0 saturated heterocycles. The summed E-state index contributed by atoms with van der Waals surface area (Å²) in [5, 5.41) is 0. The average Bonchev–Trinajstić information content (AvgIpc) is 2.07. The molecule has 4 nitrogen and oxygen atoms in total. The minimum absolute atomic E-state index is 0.629. The number of nitrogens with two attached hydrogens (primary N) is 1. The zero-order valence-corrected chi connectivity index (χ0v) is 6.49. The Kier molecular flexibility index (Phi) is 2.83. The van der Waals surface area contributed by atoms with Gasteiger partial charge in [-0.1, -0.05) is 0 Å². The molecule has 4 heteroatoms. The standard InChI is InChI=1S/C7H12N4/c1-11(6-10-8)7-2-4-9-5-3-7/h2-5,10H,6,8H2,1H3. The van der Waals surface area contributed by atoms with Gasteiger partial charge >= 0.3 is 0 Å². The summed E-state index contributed by atoms with van der Waals surface area (Å²) in [6.07, 6.45) is 3.50. The summed E-state index contributed by atoms with van der Waals surface area (Å²) < 4.78 is 0. The Hall–Kier alpha value is -1.13. The first-order chi connectivity index (χ1) is 5.34. The summed E-state index contributed by atoms with van der Waals surface area (Å²) in [6.45, 7) is 0.629. The second-order valence-electron chi connectivity index (χ2n) is 2.27. The number of hydrazine groups is 1. The second kappa shape index (κ2) is 3.90. The van der Waals surface area contributed by atoms with Gasteiger partial charge in [0.05, 0.1) is 6.67 Å². The highest BCUT2D eigenvalue weighted by Gasteiger charge is 1.95. The quantitative estimate of drug-likeness (QED) is 0.362. The number of anilines is 1. The number of nitrogens with zero attached hydrogens (tertiary/aromatic N) is 2. The largest absolute Gasteiger partial charge is 0.361 e. The maximum atomic E-state index is 5.16. The molecule has 1 aromatic rings. The third kappa shape index (κ3) is 2.18. The lowest BCUT2D eigenvalue weighted by atomic mass is 10.4. The van der Waals surface area contributed by atoms with E-state index in [0.717, 1.165) is 5.69 Å². The van der Waals surface area contributed by atoms with Crippen molar-refractivity contribution in [2.45, 2.75) is 0 Å². The van der Waals surface area contributed by atoms with Crippen molar-refractivity contribution in [1.82, 2.24) is 10.4 Å². The Morgan fingerprint density at radius 2 is 2.18 bits per heavy atom. The van der Waals surface area contributed by atoms with Crippen molar-refractivity contribution < 1.29 is 0 Å². The van der Waals surface area contributed by atoms with Crippen molar-refractivity contribution in [3.05, 3.63) is 24.5 Å². The van der Waals surface area contributed by atoms with Crippen LogP contribution in [0.1, 0.15) is 0 Å². The Labute approximate surface area is 66.0 Å². The zero-order chi connectivity index (χ0) is 8.10. The summed E-state index contributed by atoms with van der Waals surface area (Å²) in [5.41, 5.74) is 3.67. The summed E-state index contributed by atoms with van der Waals surface area (Å²) in [7, 11) is 1.95. The third-order valence-electron chi connectivity index (χ3n) is 1.43. The van der Waals surface area contributed by atoms with E-state index in [4.69, 9.17) is 5.84 Å². The number of pyridine rings is 1. The Morgan fingerprint density at radius 3 is 2.73 bits per heavy atom. The molecule has 0 saturated carbocycles. The van der Waals surface area contributed by atoms with Crippen molar-refractivity contribution in [1.29, 1.82) is 0 Å². The van der Waals surface area contributed by atoms with Crippen LogP contribution in [0.4, 0.5) is 5.69 Å². The van der Waals surface area contributed by atoms with Crippen molar-refractivity contribution in [3.8, 4) is 0 Å². The smallest absolute Gasteiger partial charge is 0.0805 e. The summed E-state index contributed by atoms with van der Waals surface area (Å²) in [6, 6.07) is 3.86. The minimum atomic E-state index is 0.629. The van der Waals surface area contributed by atoms with Gasteiger partial charge in [-0.05, 0) is 12.1 Å². The van der Waals surface area contributed by atoms with E-state index in [1.807, 2.05) is 24.1 Å². The fraction of sp³-hybridized carbons (Fsp3) is 0.286. The molecule has 0 spiro atoms. The van der Waals surface area contributed by atoms with Crippen LogP contribution in [0.15, 0.2) is 24.5 Å². The number of nitrogens with one attached hydrogen (secondary N) is 1. The lowest BCUT2D eigenvalue weighted by Crippen LogP contribution is -2.35. The molecule has 0 amide bonds. The van der Waals surface area contributed by atoms with E-state index in [2.05, 4.69) is 10.4 Å². The third-order valence-corrected chi connectivity index (χ3v) is 1.43. The van der Waals surface area contributed by atoms with Gasteiger partial charge in [0.15, 0.2) is 0 Å². The van der Waals surface area contributed by atoms with Gasteiger partial charge in [0.1, 0.15) is 0 Å². The molecule has 0 atom stereocenters. The zero-order valence-electron chi connectivity index (χ0n) is 6.49. The summed E-state index contributed by atoms with van der Waals surface area (Å²) in [5.74, 6) is 5.16. The molecule has 60 valence electrons. The molecule has 1 aromatic heterocycles. The number of aromatic nitrogens is 1. The van der Waals surface area contributed by atoms with Crippen LogP contribution in [0.3, 0.4) is 0 Å². The number of rotatable bonds is 3. The predicted molar refractivity (Wildman–Crippen MR) is 44.8 cm³/mol. The van der Waals surface area contributed by atoms with E-state index in [-0.39, 0.29) is 0 Å². The molecule has 0 aliphatic rings. The molecule has 1 rings (SSSR count). The number of hydrogen-bond donors (Lipinski definition) is 2. The first-order valence-electron chi connectivity index (χ1n) is 3.39. The van der Waals surface area contributed by atoms with E-state index in [1.165, 1.54) is 0 Å². The molecule has 0 aliphatic carbocycles. The summed E-state index contributed by atoms with van der Waals surface area (Å²) >= 11 is 0. The van der Waals surface area contributed by atoms with Gasteiger partial charge in [0, 0.05) is 25.1 Å². The SMILES string of the molecule is CN(CNN)c1ccncc1. The Morgan fingerprint density at radius 1 is 1.55 bits per heavy atom. The van der Waals surface area contributed by atoms with E-state index in [0.29, 0.717) is 6.67 Å². The minimum Gasteiger partial charge on any atom is -0.361 e. The summed E-state index contributed by atoms with van der Waals surface area (Å²) in [4.78, 5) is 5.90. The van der Waals surface area contributed by atoms with Gasteiger partial charge in [-0.3, -0.25) is 10.8 Å². The highest BCUT2D eigenvalue weighted by molar-refractivity contribution is 5.43. The van der Waals surface area contributed by atoms with E-state index < -0.39 is 0 Å². The maximum Gasteiger partial charge on any atom is 0.0805 e. The van der Waals surface area contributed by atoms with Gasteiger partial charge in [0.25, 0.3) is 0 Å². The van der Waals surface area contributed by atoms with Crippen LogP contribution in [0.2, 0.25) is 0 Å². The van der Waals surface area contributed by atoms with Gasteiger partial charge in [-0.15, -0.1) is 0 Å².